The summed E-state index contributed by atoms with van der Waals surface area (Å²) in [5.41, 5.74) is 2.60. The standard InChI is InChI=1S/C22H26O5/c1-11(23)25-13-4-5-14-15-8-9-22(3)17(6-7-18(22)26-12(2)24)19(15)21-20(27-21)16(14)10-13/h4-5,10,15,17-21H,6-9H2,1-3H3/t15-,17+,18+,19-,20-,21+,22+/m1/s1. The third-order valence-electron chi connectivity index (χ3n) is 7.48. The Morgan fingerprint density at radius 2 is 1.93 bits per heavy atom. The van der Waals surface area contributed by atoms with Crippen molar-refractivity contribution in [2.24, 2.45) is 17.3 Å². The van der Waals surface area contributed by atoms with Gasteiger partial charge in [-0.25, -0.2) is 0 Å². The fraction of sp³-hybridized carbons (Fsp3) is 0.636. The van der Waals surface area contributed by atoms with Gasteiger partial charge in [-0.2, -0.15) is 0 Å². The van der Waals surface area contributed by atoms with Gasteiger partial charge in [0.05, 0.1) is 6.10 Å². The average molecular weight is 370 g/mol. The van der Waals surface area contributed by atoms with Crippen molar-refractivity contribution in [3.63, 3.8) is 0 Å². The molecule has 144 valence electrons. The topological polar surface area (TPSA) is 65.1 Å². The molecule has 3 aliphatic carbocycles. The number of rotatable bonds is 2. The van der Waals surface area contributed by atoms with Crippen LogP contribution in [-0.4, -0.2) is 24.1 Å². The first kappa shape index (κ1) is 17.2. The van der Waals surface area contributed by atoms with E-state index in [9.17, 15) is 9.59 Å². The van der Waals surface area contributed by atoms with Crippen LogP contribution in [0.5, 0.6) is 5.75 Å². The molecule has 0 unspecified atom stereocenters. The molecule has 0 spiro atoms. The van der Waals surface area contributed by atoms with Crippen molar-refractivity contribution in [2.45, 2.75) is 70.7 Å². The second-order valence-corrected chi connectivity index (χ2v) is 8.92. The van der Waals surface area contributed by atoms with E-state index in [0.29, 0.717) is 23.5 Å². The highest BCUT2D eigenvalue weighted by Gasteiger charge is 2.64. The Kier molecular flexibility index (Phi) is 3.71. The minimum Gasteiger partial charge on any atom is -0.462 e. The molecule has 0 aromatic heterocycles. The van der Waals surface area contributed by atoms with Crippen LogP contribution in [0.2, 0.25) is 0 Å². The van der Waals surface area contributed by atoms with Crippen molar-refractivity contribution < 1.29 is 23.8 Å². The molecule has 5 nitrogen and oxygen atoms in total. The highest BCUT2D eigenvalue weighted by molar-refractivity contribution is 5.69. The number of carbonyl (C=O) groups excluding carboxylic acids is 2. The minimum absolute atomic E-state index is 0.0332. The van der Waals surface area contributed by atoms with E-state index in [1.165, 1.54) is 25.0 Å². The Morgan fingerprint density at radius 1 is 1.11 bits per heavy atom. The summed E-state index contributed by atoms with van der Waals surface area (Å²) in [4.78, 5) is 22.8. The summed E-state index contributed by atoms with van der Waals surface area (Å²) in [7, 11) is 0. The molecule has 4 aliphatic rings. The van der Waals surface area contributed by atoms with Gasteiger partial charge in [0.25, 0.3) is 0 Å². The number of hydrogen-bond donors (Lipinski definition) is 0. The Labute approximate surface area is 159 Å². The highest BCUT2D eigenvalue weighted by Crippen LogP contribution is 2.67. The van der Waals surface area contributed by atoms with Crippen molar-refractivity contribution in [2.75, 3.05) is 0 Å². The first-order valence-electron chi connectivity index (χ1n) is 10.0. The van der Waals surface area contributed by atoms with Crippen LogP contribution in [0.15, 0.2) is 18.2 Å². The van der Waals surface area contributed by atoms with Crippen molar-refractivity contribution >= 4 is 11.9 Å². The highest BCUT2D eigenvalue weighted by atomic mass is 16.6. The predicted molar refractivity (Wildman–Crippen MR) is 97.2 cm³/mol. The molecule has 1 aromatic rings. The van der Waals surface area contributed by atoms with Crippen LogP contribution in [0.25, 0.3) is 0 Å². The minimum atomic E-state index is -0.298. The van der Waals surface area contributed by atoms with Crippen LogP contribution in [0, 0.1) is 17.3 Å². The van der Waals surface area contributed by atoms with Crippen LogP contribution in [0.1, 0.15) is 69.6 Å². The Morgan fingerprint density at radius 3 is 2.67 bits per heavy atom. The maximum absolute atomic E-state index is 11.6. The van der Waals surface area contributed by atoms with Gasteiger partial charge >= 0.3 is 11.9 Å². The zero-order valence-electron chi connectivity index (χ0n) is 16.1. The van der Waals surface area contributed by atoms with Gasteiger partial charge in [0, 0.05) is 19.3 Å². The Hall–Kier alpha value is -1.88. The number of esters is 2. The van der Waals surface area contributed by atoms with Crippen molar-refractivity contribution in [1.82, 2.24) is 0 Å². The van der Waals surface area contributed by atoms with Gasteiger partial charge in [-0.05, 0) is 66.7 Å². The molecule has 0 radical (unpaired) electrons. The number of epoxide rings is 1. The lowest BCUT2D eigenvalue weighted by atomic mass is 9.55. The molecular formula is C22H26O5. The van der Waals surface area contributed by atoms with Gasteiger partial charge in [-0.15, -0.1) is 0 Å². The molecule has 7 atom stereocenters. The molecule has 1 heterocycles. The molecule has 5 heteroatoms. The zero-order valence-corrected chi connectivity index (χ0v) is 16.1. The van der Waals surface area contributed by atoms with E-state index in [2.05, 4.69) is 13.0 Å². The third-order valence-corrected chi connectivity index (χ3v) is 7.48. The fourth-order valence-corrected chi connectivity index (χ4v) is 6.39. The van der Waals surface area contributed by atoms with E-state index in [1.54, 1.807) is 0 Å². The molecule has 3 fully saturated rings. The van der Waals surface area contributed by atoms with Gasteiger partial charge in [0.1, 0.15) is 18.0 Å². The third kappa shape index (κ3) is 2.54. The first-order chi connectivity index (χ1) is 12.9. The van der Waals surface area contributed by atoms with E-state index in [1.807, 2.05) is 12.1 Å². The fourth-order valence-electron chi connectivity index (χ4n) is 6.39. The number of ether oxygens (including phenoxy) is 3. The molecule has 1 aromatic carbocycles. The summed E-state index contributed by atoms with van der Waals surface area (Å²) in [6, 6.07) is 6.02. The van der Waals surface area contributed by atoms with E-state index in [0.717, 1.165) is 25.7 Å². The molecule has 1 saturated heterocycles. The van der Waals surface area contributed by atoms with Crippen LogP contribution in [0.4, 0.5) is 0 Å². The van der Waals surface area contributed by atoms with Crippen molar-refractivity contribution in [3.8, 4) is 5.75 Å². The zero-order chi connectivity index (χ0) is 18.9. The van der Waals surface area contributed by atoms with Crippen LogP contribution in [-0.2, 0) is 19.1 Å². The Balaban J connectivity index is 1.46. The quantitative estimate of drug-likeness (QED) is 0.449. The Bertz CT molecular complexity index is 817. The molecule has 0 N–H and O–H groups in total. The van der Waals surface area contributed by atoms with E-state index >= 15 is 0 Å². The molecule has 2 saturated carbocycles. The van der Waals surface area contributed by atoms with Crippen molar-refractivity contribution in [1.29, 1.82) is 0 Å². The molecule has 27 heavy (non-hydrogen) atoms. The maximum Gasteiger partial charge on any atom is 0.308 e. The summed E-state index contributed by atoms with van der Waals surface area (Å²) in [6.07, 6.45) is 4.61. The van der Waals surface area contributed by atoms with Gasteiger partial charge in [0.15, 0.2) is 0 Å². The second-order valence-electron chi connectivity index (χ2n) is 8.92. The molecule has 0 bridgehead atoms. The van der Waals surface area contributed by atoms with Gasteiger partial charge < -0.3 is 14.2 Å². The van der Waals surface area contributed by atoms with E-state index in [-0.39, 0.29) is 35.7 Å². The van der Waals surface area contributed by atoms with Crippen LogP contribution >= 0.6 is 0 Å². The monoisotopic (exact) mass is 370 g/mol. The number of hydrogen-bond acceptors (Lipinski definition) is 5. The SMILES string of the molecule is CC(=O)Oc1ccc2c(c1)[C@H]1O[C@H]1[C@@H]1[C@@H]2CC[C@]2(C)[C@@H](OC(C)=O)CC[C@@H]12. The molecule has 1 aliphatic heterocycles. The van der Waals surface area contributed by atoms with Crippen molar-refractivity contribution in [3.05, 3.63) is 29.3 Å². The lowest BCUT2D eigenvalue weighted by molar-refractivity contribution is -0.154. The van der Waals surface area contributed by atoms with E-state index in [4.69, 9.17) is 14.2 Å². The normalized spacial score (nSPS) is 40.9. The lowest BCUT2D eigenvalue weighted by Gasteiger charge is -2.49. The predicted octanol–water partition coefficient (Wildman–Crippen LogP) is 3.91. The maximum atomic E-state index is 11.6. The lowest BCUT2D eigenvalue weighted by Crippen LogP contribution is -2.46. The summed E-state index contributed by atoms with van der Waals surface area (Å²) in [5.74, 6) is 1.62. The first-order valence-corrected chi connectivity index (χ1v) is 10.0. The smallest absolute Gasteiger partial charge is 0.308 e. The average Bonchev–Trinajstić information content (AvgIpc) is 3.33. The summed E-state index contributed by atoms with van der Waals surface area (Å²) < 4.78 is 17.1. The molecule has 5 rings (SSSR count). The summed E-state index contributed by atoms with van der Waals surface area (Å²) in [5, 5.41) is 0. The largest absolute Gasteiger partial charge is 0.462 e. The van der Waals surface area contributed by atoms with Gasteiger partial charge in [0.2, 0.25) is 0 Å². The summed E-state index contributed by atoms with van der Waals surface area (Å²) >= 11 is 0. The molecular weight excluding hydrogens is 344 g/mol. The van der Waals surface area contributed by atoms with Gasteiger partial charge in [-0.3, -0.25) is 9.59 Å². The molecule has 0 amide bonds. The second kappa shape index (κ2) is 5.81. The van der Waals surface area contributed by atoms with E-state index < -0.39 is 0 Å². The summed E-state index contributed by atoms with van der Waals surface area (Å²) in [6.45, 7) is 5.25. The van der Waals surface area contributed by atoms with Crippen LogP contribution in [0.3, 0.4) is 0 Å². The van der Waals surface area contributed by atoms with Gasteiger partial charge in [-0.1, -0.05) is 13.0 Å². The number of benzene rings is 1. The van der Waals surface area contributed by atoms with Crippen LogP contribution < -0.4 is 4.74 Å². The number of fused-ring (bicyclic) bond motifs is 8. The number of carbonyl (C=O) groups is 2.